The molecule has 0 aromatic heterocycles. The Bertz CT molecular complexity index is 613. The Balaban J connectivity index is 2.10. The van der Waals surface area contributed by atoms with E-state index in [0.29, 0.717) is 17.3 Å². The maximum absolute atomic E-state index is 12.0. The highest BCUT2D eigenvalue weighted by molar-refractivity contribution is 9.10. The van der Waals surface area contributed by atoms with Gasteiger partial charge in [-0.2, -0.15) is 0 Å². The quantitative estimate of drug-likeness (QED) is 0.621. The zero-order chi connectivity index (χ0) is 15.6. The van der Waals surface area contributed by atoms with Gasteiger partial charge in [0.1, 0.15) is 0 Å². The summed E-state index contributed by atoms with van der Waals surface area (Å²) in [7, 11) is 0. The lowest BCUT2D eigenvalue weighted by Gasteiger charge is -2.37. The average Bonchev–Trinajstić information content (AvgIpc) is 2.35. The van der Waals surface area contributed by atoms with Crippen LogP contribution in [0.15, 0.2) is 22.7 Å². The summed E-state index contributed by atoms with van der Waals surface area (Å²) in [6.45, 7) is 0.0292. The number of benzene rings is 1. The molecule has 2 N–H and O–H groups in total. The van der Waals surface area contributed by atoms with Gasteiger partial charge in [0.15, 0.2) is 0 Å². The van der Waals surface area contributed by atoms with Gasteiger partial charge >= 0.3 is 5.97 Å². The van der Waals surface area contributed by atoms with Gasteiger partial charge in [-0.15, -0.1) is 0 Å². The lowest BCUT2D eigenvalue weighted by molar-refractivity contribution is -0.385. The zero-order valence-corrected chi connectivity index (χ0v) is 12.6. The largest absolute Gasteiger partial charge is 0.481 e. The minimum absolute atomic E-state index is 0.0292. The van der Waals surface area contributed by atoms with E-state index in [-0.39, 0.29) is 17.8 Å². The van der Waals surface area contributed by atoms with E-state index in [9.17, 15) is 24.8 Å². The van der Waals surface area contributed by atoms with Crippen LogP contribution in [-0.4, -0.2) is 28.5 Å². The molecular weight excluding hydrogens is 344 g/mol. The number of nitro benzene ring substituents is 1. The molecule has 1 aromatic carbocycles. The van der Waals surface area contributed by atoms with Crippen LogP contribution in [0.3, 0.4) is 0 Å². The van der Waals surface area contributed by atoms with Crippen LogP contribution in [0.25, 0.3) is 0 Å². The maximum atomic E-state index is 12.0. The molecule has 2 rings (SSSR count). The van der Waals surface area contributed by atoms with Crippen molar-refractivity contribution in [2.24, 2.45) is 5.41 Å². The number of nitro groups is 1. The molecule has 0 saturated heterocycles. The second kappa shape index (κ2) is 5.80. The van der Waals surface area contributed by atoms with Gasteiger partial charge in [0.25, 0.3) is 11.6 Å². The number of halogens is 1. The summed E-state index contributed by atoms with van der Waals surface area (Å²) in [5.74, 6) is -1.44. The topological polar surface area (TPSA) is 110 Å². The number of hydrogen-bond acceptors (Lipinski definition) is 4. The number of nitrogens with one attached hydrogen (secondary N) is 1. The molecule has 1 amide bonds. The van der Waals surface area contributed by atoms with Crippen molar-refractivity contribution in [2.75, 3.05) is 6.54 Å². The predicted molar refractivity (Wildman–Crippen MR) is 77.0 cm³/mol. The Morgan fingerprint density at radius 3 is 2.52 bits per heavy atom. The normalized spacial score (nSPS) is 15.9. The minimum Gasteiger partial charge on any atom is -0.481 e. The summed E-state index contributed by atoms with van der Waals surface area (Å²) in [5.41, 5.74) is -0.977. The Morgan fingerprint density at radius 2 is 2.05 bits per heavy atom. The van der Waals surface area contributed by atoms with Crippen LogP contribution in [-0.2, 0) is 4.79 Å². The third-order valence-corrected chi connectivity index (χ3v) is 4.17. The number of carbonyl (C=O) groups is 2. The van der Waals surface area contributed by atoms with E-state index in [1.807, 2.05) is 0 Å². The van der Waals surface area contributed by atoms with E-state index >= 15 is 0 Å². The number of aliphatic carboxylic acids is 1. The summed E-state index contributed by atoms with van der Waals surface area (Å²) in [5, 5.41) is 22.5. The van der Waals surface area contributed by atoms with E-state index in [4.69, 9.17) is 0 Å². The van der Waals surface area contributed by atoms with Gasteiger partial charge in [0, 0.05) is 28.7 Å². The van der Waals surface area contributed by atoms with E-state index in [1.54, 1.807) is 0 Å². The number of hydrogen-bond donors (Lipinski definition) is 2. The number of amides is 1. The van der Waals surface area contributed by atoms with E-state index in [2.05, 4.69) is 21.2 Å². The molecule has 1 aromatic rings. The summed E-state index contributed by atoms with van der Waals surface area (Å²) < 4.78 is 0.415. The fourth-order valence-corrected chi connectivity index (χ4v) is 2.71. The third kappa shape index (κ3) is 3.21. The number of carboxylic acids is 1. The summed E-state index contributed by atoms with van der Waals surface area (Å²) in [6.07, 6.45) is 1.88. The lowest BCUT2D eigenvalue weighted by Crippen LogP contribution is -2.47. The molecule has 1 aliphatic rings. The second-order valence-corrected chi connectivity index (χ2v) is 5.99. The van der Waals surface area contributed by atoms with Crippen LogP contribution in [0.4, 0.5) is 5.69 Å². The molecule has 0 aliphatic heterocycles. The third-order valence-electron chi connectivity index (χ3n) is 3.71. The summed E-state index contributed by atoms with van der Waals surface area (Å²) in [6, 6.07) is 3.91. The highest BCUT2D eigenvalue weighted by atomic mass is 79.9. The first kappa shape index (κ1) is 15.4. The van der Waals surface area contributed by atoms with Gasteiger partial charge in [0.05, 0.1) is 10.3 Å². The van der Waals surface area contributed by atoms with Gasteiger partial charge in [-0.25, -0.2) is 0 Å². The number of non-ortho nitro benzene ring substituents is 1. The monoisotopic (exact) mass is 356 g/mol. The van der Waals surface area contributed by atoms with Crippen molar-refractivity contribution in [3.05, 3.63) is 38.3 Å². The fraction of sp³-hybridized carbons (Fsp3) is 0.385. The fourth-order valence-electron chi connectivity index (χ4n) is 2.23. The molecule has 1 fully saturated rings. The maximum Gasteiger partial charge on any atom is 0.311 e. The van der Waals surface area contributed by atoms with Crippen molar-refractivity contribution in [1.82, 2.24) is 5.32 Å². The molecule has 0 spiro atoms. The molecule has 0 bridgehead atoms. The van der Waals surface area contributed by atoms with Crippen molar-refractivity contribution < 1.29 is 19.6 Å². The Kier molecular flexibility index (Phi) is 4.26. The second-order valence-electron chi connectivity index (χ2n) is 5.08. The standard InChI is InChI=1S/C13H13BrN2O5/c14-9-4-8(5-10(6-9)16(20)21)11(17)15-7-13(12(18)19)2-1-3-13/h4-6H,1-3,7H2,(H,15,17)(H,18,19). The first-order chi connectivity index (χ1) is 9.84. The molecule has 7 nitrogen and oxygen atoms in total. The molecule has 0 radical (unpaired) electrons. The molecule has 21 heavy (non-hydrogen) atoms. The number of carboxylic acid groups (broad SMARTS) is 1. The van der Waals surface area contributed by atoms with Crippen molar-refractivity contribution in [1.29, 1.82) is 0 Å². The van der Waals surface area contributed by atoms with Crippen LogP contribution in [0.2, 0.25) is 0 Å². The van der Waals surface area contributed by atoms with Crippen molar-refractivity contribution in [3.63, 3.8) is 0 Å². The smallest absolute Gasteiger partial charge is 0.311 e. The van der Waals surface area contributed by atoms with Crippen molar-refractivity contribution >= 4 is 33.5 Å². The number of carbonyl (C=O) groups excluding carboxylic acids is 1. The molecule has 1 aliphatic carbocycles. The zero-order valence-electron chi connectivity index (χ0n) is 11.0. The Labute approximate surface area is 128 Å². The van der Waals surface area contributed by atoms with E-state index < -0.39 is 22.2 Å². The van der Waals surface area contributed by atoms with Crippen LogP contribution >= 0.6 is 15.9 Å². The Hall–Kier alpha value is -1.96. The molecule has 8 heteroatoms. The highest BCUT2D eigenvalue weighted by Gasteiger charge is 2.44. The van der Waals surface area contributed by atoms with Gasteiger partial charge in [-0.3, -0.25) is 19.7 Å². The first-order valence-corrected chi connectivity index (χ1v) is 7.10. The van der Waals surface area contributed by atoms with Gasteiger partial charge in [-0.05, 0) is 18.9 Å². The predicted octanol–water partition coefficient (Wildman–Crippen LogP) is 2.34. The minimum atomic E-state index is -0.922. The van der Waals surface area contributed by atoms with Crippen LogP contribution in [0, 0.1) is 15.5 Å². The summed E-state index contributed by atoms with van der Waals surface area (Å²) >= 11 is 3.11. The molecule has 0 unspecified atom stereocenters. The van der Waals surface area contributed by atoms with E-state index in [1.165, 1.54) is 12.1 Å². The van der Waals surface area contributed by atoms with Crippen LogP contribution in [0.5, 0.6) is 0 Å². The molecule has 0 atom stereocenters. The molecule has 0 heterocycles. The first-order valence-electron chi connectivity index (χ1n) is 6.31. The molecular formula is C13H13BrN2O5. The van der Waals surface area contributed by atoms with Crippen LogP contribution < -0.4 is 5.32 Å². The van der Waals surface area contributed by atoms with Crippen molar-refractivity contribution in [2.45, 2.75) is 19.3 Å². The highest BCUT2D eigenvalue weighted by Crippen LogP contribution is 2.40. The van der Waals surface area contributed by atoms with Crippen LogP contribution in [0.1, 0.15) is 29.6 Å². The lowest BCUT2D eigenvalue weighted by atomic mass is 9.69. The molecule has 1 saturated carbocycles. The Morgan fingerprint density at radius 1 is 1.38 bits per heavy atom. The van der Waals surface area contributed by atoms with Gasteiger partial charge < -0.3 is 10.4 Å². The SMILES string of the molecule is O=C(NCC1(C(=O)O)CCC1)c1cc(Br)cc([N+](=O)[O-])c1. The van der Waals surface area contributed by atoms with E-state index in [0.717, 1.165) is 12.5 Å². The van der Waals surface area contributed by atoms with Crippen molar-refractivity contribution in [3.8, 4) is 0 Å². The van der Waals surface area contributed by atoms with Gasteiger partial charge in [0.2, 0.25) is 0 Å². The summed E-state index contributed by atoms with van der Waals surface area (Å²) in [4.78, 5) is 33.4. The number of rotatable bonds is 5. The molecule has 112 valence electrons. The average molecular weight is 357 g/mol. The number of nitrogens with zero attached hydrogens (tertiary/aromatic N) is 1. The van der Waals surface area contributed by atoms with Gasteiger partial charge in [-0.1, -0.05) is 22.4 Å².